The number of thiophene rings is 1. The maximum atomic E-state index is 11.7. The molecule has 2 aromatic rings. The van der Waals surface area contributed by atoms with Gasteiger partial charge in [-0.05, 0) is 22.4 Å². The first kappa shape index (κ1) is 13.0. The normalized spacial score (nSPS) is 12.9. The van der Waals surface area contributed by atoms with Gasteiger partial charge in [0.2, 0.25) is 5.91 Å². The molecule has 1 amide bonds. The molecular weight excluding hydrogens is 246 g/mol. The summed E-state index contributed by atoms with van der Waals surface area (Å²) in [5.74, 6) is -0.0669. The number of carbonyl (C=O) groups is 1. The van der Waals surface area contributed by atoms with Crippen LogP contribution in [-0.4, -0.2) is 25.0 Å². The van der Waals surface area contributed by atoms with Crippen LogP contribution in [0.15, 0.2) is 29.6 Å². The third-order valence-corrected chi connectivity index (χ3v) is 3.65. The lowest BCUT2D eigenvalue weighted by Gasteiger charge is -2.15. The molecule has 0 radical (unpaired) electrons. The number of carbonyl (C=O) groups excluding carboxylic acids is 1. The highest BCUT2D eigenvalue weighted by atomic mass is 32.1. The number of benzene rings is 1. The zero-order valence-electron chi connectivity index (χ0n) is 10.5. The number of hydrogen-bond acceptors (Lipinski definition) is 4. The Morgan fingerprint density at radius 3 is 2.89 bits per heavy atom. The van der Waals surface area contributed by atoms with E-state index in [1.165, 1.54) is 4.70 Å². The Morgan fingerprint density at radius 2 is 2.17 bits per heavy atom. The Balaban J connectivity index is 2.14. The van der Waals surface area contributed by atoms with Crippen LogP contribution in [0.5, 0.6) is 0 Å². The summed E-state index contributed by atoms with van der Waals surface area (Å²) in [6.45, 7) is 0. The van der Waals surface area contributed by atoms with Crippen molar-refractivity contribution in [3.8, 4) is 0 Å². The van der Waals surface area contributed by atoms with E-state index in [-0.39, 0.29) is 11.9 Å². The van der Waals surface area contributed by atoms with Crippen molar-refractivity contribution in [3.05, 3.63) is 35.2 Å². The number of hydrogen-bond donors (Lipinski definition) is 2. The van der Waals surface area contributed by atoms with Gasteiger partial charge in [-0.2, -0.15) is 0 Å². The number of hydrazine groups is 1. The molecule has 0 spiro atoms. The minimum absolute atomic E-state index is 0.0669. The Bertz CT molecular complexity index is 550. The molecule has 96 valence electrons. The quantitative estimate of drug-likeness (QED) is 0.828. The predicted octanol–water partition coefficient (Wildman–Crippen LogP) is 1.88. The Labute approximate surface area is 110 Å². The zero-order valence-corrected chi connectivity index (χ0v) is 11.3. The minimum Gasteiger partial charge on any atom is -0.323 e. The molecule has 5 heteroatoms. The summed E-state index contributed by atoms with van der Waals surface area (Å²) in [5, 5.41) is 4.81. The van der Waals surface area contributed by atoms with Crippen LogP contribution in [0.1, 0.15) is 18.0 Å². The van der Waals surface area contributed by atoms with E-state index in [1.807, 2.05) is 23.6 Å². The summed E-state index contributed by atoms with van der Waals surface area (Å²) in [6.07, 6.45) is 0.291. The first-order chi connectivity index (χ1) is 8.58. The molecule has 1 aromatic carbocycles. The summed E-state index contributed by atoms with van der Waals surface area (Å²) in [5.41, 5.74) is 9.86. The number of nitrogens with one attached hydrogen (secondary N) is 1. The monoisotopic (exact) mass is 263 g/mol. The highest BCUT2D eigenvalue weighted by Gasteiger charge is 2.15. The summed E-state index contributed by atoms with van der Waals surface area (Å²) >= 11 is 1.66. The molecule has 1 heterocycles. The maximum Gasteiger partial charge on any atom is 0.236 e. The molecule has 0 bridgehead atoms. The van der Waals surface area contributed by atoms with Crippen LogP contribution in [-0.2, 0) is 4.79 Å². The first-order valence-electron chi connectivity index (χ1n) is 5.76. The molecule has 0 fully saturated rings. The van der Waals surface area contributed by atoms with E-state index < -0.39 is 0 Å². The second-order valence-corrected chi connectivity index (χ2v) is 5.34. The lowest BCUT2D eigenvalue weighted by atomic mass is 10.0. The molecule has 0 saturated heterocycles. The smallest absolute Gasteiger partial charge is 0.236 e. The number of nitrogens with zero attached hydrogens (tertiary/aromatic N) is 1. The van der Waals surface area contributed by atoms with Gasteiger partial charge in [-0.25, -0.2) is 5.01 Å². The van der Waals surface area contributed by atoms with Gasteiger partial charge in [-0.1, -0.05) is 18.2 Å². The van der Waals surface area contributed by atoms with E-state index in [2.05, 4.69) is 11.5 Å². The van der Waals surface area contributed by atoms with Gasteiger partial charge < -0.3 is 5.73 Å². The molecule has 1 unspecified atom stereocenters. The number of amides is 1. The van der Waals surface area contributed by atoms with Crippen molar-refractivity contribution in [2.45, 2.75) is 12.5 Å². The first-order valence-corrected chi connectivity index (χ1v) is 6.64. The fourth-order valence-electron chi connectivity index (χ4n) is 1.89. The third kappa shape index (κ3) is 2.87. The van der Waals surface area contributed by atoms with Crippen molar-refractivity contribution >= 4 is 27.3 Å². The Hall–Kier alpha value is -1.43. The molecule has 1 atom stereocenters. The average Bonchev–Trinajstić information content (AvgIpc) is 2.71. The molecule has 0 aliphatic carbocycles. The van der Waals surface area contributed by atoms with Gasteiger partial charge in [-0.15, -0.1) is 11.3 Å². The third-order valence-electron chi connectivity index (χ3n) is 2.66. The van der Waals surface area contributed by atoms with Gasteiger partial charge in [-0.3, -0.25) is 10.2 Å². The van der Waals surface area contributed by atoms with Crippen LogP contribution >= 0.6 is 11.3 Å². The van der Waals surface area contributed by atoms with Crippen molar-refractivity contribution in [2.75, 3.05) is 14.1 Å². The largest absolute Gasteiger partial charge is 0.323 e. The maximum absolute atomic E-state index is 11.7. The van der Waals surface area contributed by atoms with Crippen LogP contribution in [0.4, 0.5) is 0 Å². The van der Waals surface area contributed by atoms with E-state index in [4.69, 9.17) is 5.73 Å². The molecule has 0 aliphatic rings. The molecule has 1 aromatic heterocycles. The highest BCUT2D eigenvalue weighted by Crippen LogP contribution is 2.30. The van der Waals surface area contributed by atoms with Gasteiger partial charge in [0.05, 0.1) is 0 Å². The predicted molar refractivity (Wildman–Crippen MR) is 75.2 cm³/mol. The minimum atomic E-state index is -0.263. The summed E-state index contributed by atoms with van der Waals surface area (Å²) < 4.78 is 1.20. The molecule has 0 saturated carbocycles. The Morgan fingerprint density at radius 1 is 1.44 bits per heavy atom. The van der Waals surface area contributed by atoms with Crippen LogP contribution in [0.2, 0.25) is 0 Å². The lowest BCUT2D eigenvalue weighted by molar-refractivity contribution is -0.125. The second-order valence-electron chi connectivity index (χ2n) is 4.43. The number of fused-ring (bicyclic) bond motifs is 1. The van der Waals surface area contributed by atoms with Crippen LogP contribution < -0.4 is 11.2 Å². The lowest BCUT2D eigenvalue weighted by Crippen LogP contribution is -2.37. The van der Waals surface area contributed by atoms with Gasteiger partial charge in [0.1, 0.15) is 0 Å². The van der Waals surface area contributed by atoms with Crippen molar-refractivity contribution in [1.82, 2.24) is 10.4 Å². The fraction of sp³-hybridized carbons (Fsp3) is 0.308. The Kier molecular flexibility index (Phi) is 3.96. The molecule has 4 nitrogen and oxygen atoms in total. The molecule has 2 rings (SSSR count). The molecule has 18 heavy (non-hydrogen) atoms. The van der Waals surface area contributed by atoms with Gasteiger partial charge in [0.15, 0.2) is 0 Å². The summed E-state index contributed by atoms with van der Waals surface area (Å²) in [6, 6.07) is 7.85. The van der Waals surface area contributed by atoms with Crippen LogP contribution in [0.3, 0.4) is 0 Å². The summed E-state index contributed by atoms with van der Waals surface area (Å²) in [7, 11) is 3.56. The summed E-state index contributed by atoms with van der Waals surface area (Å²) in [4.78, 5) is 11.7. The van der Waals surface area contributed by atoms with E-state index in [0.717, 1.165) is 10.9 Å². The standard InChI is InChI=1S/C13H17N3OS/c1-16(2)15-13(17)7-11(14)10-8-18-12-6-4-3-5-9(10)12/h3-6,8,11H,7,14H2,1-2H3,(H,15,17). The number of rotatable bonds is 4. The van der Waals surface area contributed by atoms with Crippen molar-refractivity contribution in [1.29, 1.82) is 0 Å². The SMILES string of the molecule is CN(C)NC(=O)CC(N)c1csc2ccccc12. The average molecular weight is 263 g/mol. The van der Waals surface area contributed by atoms with E-state index in [0.29, 0.717) is 6.42 Å². The van der Waals surface area contributed by atoms with E-state index >= 15 is 0 Å². The fourth-order valence-corrected chi connectivity index (χ4v) is 2.92. The van der Waals surface area contributed by atoms with Crippen molar-refractivity contribution in [3.63, 3.8) is 0 Å². The van der Waals surface area contributed by atoms with Crippen molar-refractivity contribution in [2.24, 2.45) is 5.73 Å². The second kappa shape index (κ2) is 5.48. The van der Waals surface area contributed by atoms with E-state index in [9.17, 15) is 4.79 Å². The molecule has 0 aliphatic heterocycles. The van der Waals surface area contributed by atoms with E-state index in [1.54, 1.807) is 30.4 Å². The number of nitrogens with two attached hydrogens (primary N) is 1. The highest BCUT2D eigenvalue weighted by molar-refractivity contribution is 7.17. The van der Waals surface area contributed by atoms with Gasteiger partial charge >= 0.3 is 0 Å². The molecular formula is C13H17N3OS. The van der Waals surface area contributed by atoms with Crippen LogP contribution in [0.25, 0.3) is 10.1 Å². The van der Waals surface area contributed by atoms with Gasteiger partial charge in [0.25, 0.3) is 0 Å². The van der Waals surface area contributed by atoms with Crippen LogP contribution in [0, 0.1) is 0 Å². The van der Waals surface area contributed by atoms with Crippen molar-refractivity contribution < 1.29 is 4.79 Å². The topological polar surface area (TPSA) is 58.4 Å². The van der Waals surface area contributed by atoms with Gasteiger partial charge in [0, 0.05) is 31.3 Å². The molecule has 3 N–H and O–H groups in total. The zero-order chi connectivity index (χ0) is 13.1.